The quantitative estimate of drug-likeness (QED) is 0.907. The van der Waals surface area contributed by atoms with Gasteiger partial charge in [-0.3, -0.25) is 0 Å². The van der Waals surface area contributed by atoms with Crippen molar-refractivity contribution in [1.29, 1.82) is 0 Å². The number of para-hydroxylation sites is 1. The van der Waals surface area contributed by atoms with E-state index in [0.29, 0.717) is 23.1 Å². The monoisotopic (exact) mass is 277 g/mol. The Labute approximate surface area is 117 Å². The van der Waals surface area contributed by atoms with Crippen molar-refractivity contribution >= 4 is 11.6 Å². The predicted molar refractivity (Wildman–Crippen MR) is 77.3 cm³/mol. The standard InChI is InChI=1S/C15H16ClNO2/c1-18-12-5-3-6-13(10-12)19-15-11(8-9-17)4-2-7-14(15)16/h2-7,10H,8-9,17H2,1H3. The molecule has 0 atom stereocenters. The first kappa shape index (κ1) is 13.7. The van der Waals surface area contributed by atoms with E-state index in [1.807, 2.05) is 36.4 Å². The molecule has 0 bridgehead atoms. The van der Waals surface area contributed by atoms with E-state index in [9.17, 15) is 0 Å². The van der Waals surface area contributed by atoms with Crippen molar-refractivity contribution in [3.63, 3.8) is 0 Å². The fraction of sp³-hybridized carbons (Fsp3) is 0.200. The second-order valence-electron chi connectivity index (χ2n) is 4.05. The molecule has 0 saturated carbocycles. The van der Waals surface area contributed by atoms with Crippen molar-refractivity contribution in [2.75, 3.05) is 13.7 Å². The molecule has 0 fully saturated rings. The van der Waals surface area contributed by atoms with E-state index in [1.165, 1.54) is 0 Å². The number of hydrogen-bond donors (Lipinski definition) is 1. The van der Waals surface area contributed by atoms with Crippen molar-refractivity contribution in [3.8, 4) is 17.2 Å². The Morgan fingerprint density at radius 2 is 1.84 bits per heavy atom. The van der Waals surface area contributed by atoms with Gasteiger partial charge in [-0.25, -0.2) is 0 Å². The molecule has 0 aromatic heterocycles. The second kappa shape index (κ2) is 6.45. The lowest BCUT2D eigenvalue weighted by molar-refractivity contribution is 0.408. The zero-order chi connectivity index (χ0) is 13.7. The first-order valence-electron chi connectivity index (χ1n) is 6.04. The number of rotatable bonds is 5. The molecule has 0 spiro atoms. The largest absolute Gasteiger partial charge is 0.497 e. The number of nitrogens with two attached hydrogens (primary N) is 1. The van der Waals surface area contributed by atoms with Crippen molar-refractivity contribution in [2.24, 2.45) is 5.73 Å². The molecule has 2 aromatic carbocycles. The van der Waals surface area contributed by atoms with Crippen molar-refractivity contribution < 1.29 is 9.47 Å². The summed E-state index contributed by atoms with van der Waals surface area (Å²) in [5.41, 5.74) is 6.60. The van der Waals surface area contributed by atoms with Crippen LogP contribution in [0, 0.1) is 0 Å². The molecular weight excluding hydrogens is 262 g/mol. The molecule has 2 rings (SSSR count). The van der Waals surface area contributed by atoms with Gasteiger partial charge in [-0.05, 0) is 36.7 Å². The number of hydrogen-bond acceptors (Lipinski definition) is 3. The number of methoxy groups -OCH3 is 1. The maximum absolute atomic E-state index is 6.19. The van der Waals surface area contributed by atoms with Crippen LogP contribution in [-0.4, -0.2) is 13.7 Å². The number of ether oxygens (including phenoxy) is 2. The van der Waals surface area contributed by atoms with Crippen molar-refractivity contribution in [2.45, 2.75) is 6.42 Å². The highest BCUT2D eigenvalue weighted by molar-refractivity contribution is 6.32. The third-order valence-electron chi connectivity index (χ3n) is 2.72. The minimum absolute atomic E-state index is 0.550. The lowest BCUT2D eigenvalue weighted by Gasteiger charge is -2.13. The lowest BCUT2D eigenvalue weighted by Crippen LogP contribution is -2.04. The van der Waals surface area contributed by atoms with E-state index in [2.05, 4.69) is 0 Å². The highest BCUT2D eigenvalue weighted by Crippen LogP contribution is 2.34. The minimum atomic E-state index is 0.550. The van der Waals surface area contributed by atoms with Crippen LogP contribution in [0.4, 0.5) is 0 Å². The smallest absolute Gasteiger partial charge is 0.149 e. The predicted octanol–water partition coefficient (Wildman–Crippen LogP) is 3.64. The third-order valence-corrected chi connectivity index (χ3v) is 3.02. The van der Waals surface area contributed by atoms with E-state index in [1.54, 1.807) is 13.2 Å². The lowest BCUT2D eigenvalue weighted by atomic mass is 10.1. The van der Waals surface area contributed by atoms with Crippen LogP contribution in [0.3, 0.4) is 0 Å². The normalized spacial score (nSPS) is 10.3. The second-order valence-corrected chi connectivity index (χ2v) is 4.46. The fourth-order valence-corrected chi connectivity index (χ4v) is 2.04. The van der Waals surface area contributed by atoms with Gasteiger partial charge in [0.1, 0.15) is 17.2 Å². The molecule has 4 heteroatoms. The summed E-state index contributed by atoms with van der Waals surface area (Å²) in [5.74, 6) is 2.08. The van der Waals surface area contributed by atoms with Gasteiger partial charge in [-0.15, -0.1) is 0 Å². The summed E-state index contributed by atoms with van der Waals surface area (Å²) in [6.45, 7) is 0.550. The Bertz CT molecular complexity index is 558. The summed E-state index contributed by atoms with van der Waals surface area (Å²) in [6, 6.07) is 13.1. The Kier molecular flexibility index (Phi) is 4.66. The maximum atomic E-state index is 6.19. The molecule has 3 nitrogen and oxygen atoms in total. The zero-order valence-corrected chi connectivity index (χ0v) is 11.5. The van der Waals surface area contributed by atoms with Crippen LogP contribution < -0.4 is 15.2 Å². The van der Waals surface area contributed by atoms with Crippen LogP contribution >= 0.6 is 11.6 Å². The summed E-state index contributed by atoms with van der Waals surface area (Å²) >= 11 is 6.19. The van der Waals surface area contributed by atoms with E-state index in [0.717, 1.165) is 17.7 Å². The molecular formula is C15H16ClNO2. The maximum Gasteiger partial charge on any atom is 0.149 e. The summed E-state index contributed by atoms with van der Waals surface area (Å²) < 4.78 is 11.0. The van der Waals surface area contributed by atoms with Gasteiger partial charge in [-0.1, -0.05) is 29.8 Å². The molecule has 0 aliphatic rings. The van der Waals surface area contributed by atoms with Gasteiger partial charge in [0.25, 0.3) is 0 Å². The Balaban J connectivity index is 2.31. The molecule has 2 aromatic rings. The molecule has 0 saturated heterocycles. The van der Waals surface area contributed by atoms with Crippen LogP contribution in [0.25, 0.3) is 0 Å². The Morgan fingerprint density at radius 3 is 2.58 bits per heavy atom. The highest BCUT2D eigenvalue weighted by atomic mass is 35.5. The van der Waals surface area contributed by atoms with Gasteiger partial charge in [-0.2, -0.15) is 0 Å². The van der Waals surface area contributed by atoms with Crippen LogP contribution in [-0.2, 0) is 6.42 Å². The summed E-state index contributed by atoms with van der Waals surface area (Å²) in [7, 11) is 1.62. The first-order chi connectivity index (χ1) is 9.24. The minimum Gasteiger partial charge on any atom is -0.497 e. The molecule has 0 heterocycles. The van der Waals surface area contributed by atoms with E-state index in [4.69, 9.17) is 26.8 Å². The Hall–Kier alpha value is -1.71. The molecule has 19 heavy (non-hydrogen) atoms. The summed E-state index contributed by atoms with van der Waals surface area (Å²) in [5, 5.41) is 0.578. The first-order valence-corrected chi connectivity index (χ1v) is 6.41. The molecule has 100 valence electrons. The van der Waals surface area contributed by atoms with Crippen molar-refractivity contribution in [1.82, 2.24) is 0 Å². The number of benzene rings is 2. The van der Waals surface area contributed by atoms with Gasteiger partial charge in [0.05, 0.1) is 12.1 Å². The van der Waals surface area contributed by atoms with Crippen LogP contribution in [0.2, 0.25) is 5.02 Å². The van der Waals surface area contributed by atoms with Crippen LogP contribution in [0.15, 0.2) is 42.5 Å². The van der Waals surface area contributed by atoms with E-state index < -0.39 is 0 Å². The van der Waals surface area contributed by atoms with Gasteiger partial charge in [0.15, 0.2) is 0 Å². The van der Waals surface area contributed by atoms with Gasteiger partial charge in [0, 0.05) is 6.07 Å². The number of halogens is 1. The fourth-order valence-electron chi connectivity index (χ4n) is 1.80. The average molecular weight is 278 g/mol. The van der Waals surface area contributed by atoms with Crippen LogP contribution in [0.5, 0.6) is 17.2 Å². The molecule has 0 aliphatic heterocycles. The topological polar surface area (TPSA) is 44.5 Å². The SMILES string of the molecule is COc1cccc(Oc2c(Cl)cccc2CCN)c1. The summed E-state index contributed by atoms with van der Waals surface area (Å²) in [4.78, 5) is 0. The third kappa shape index (κ3) is 3.40. The van der Waals surface area contributed by atoms with Crippen LogP contribution in [0.1, 0.15) is 5.56 Å². The average Bonchev–Trinajstić information content (AvgIpc) is 2.43. The van der Waals surface area contributed by atoms with E-state index in [-0.39, 0.29) is 0 Å². The molecule has 0 unspecified atom stereocenters. The summed E-state index contributed by atoms with van der Waals surface area (Å²) in [6.07, 6.45) is 0.722. The van der Waals surface area contributed by atoms with Gasteiger partial charge >= 0.3 is 0 Å². The van der Waals surface area contributed by atoms with Gasteiger partial charge < -0.3 is 15.2 Å². The van der Waals surface area contributed by atoms with Crippen molar-refractivity contribution in [3.05, 3.63) is 53.1 Å². The molecule has 2 N–H and O–H groups in total. The highest BCUT2D eigenvalue weighted by Gasteiger charge is 2.09. The zero-order valence-electron chi connectivity index (χ0n) is 10.7. The molecule has 0 amide bonds. The van der Waals surface area contributed by atoms with Gasteiger partial charge in [0.2, 0.25) is 0 Å². The molecule has 0 radical (unpaired) electrons. The molecule has 0 aliphatic carbocycles. The Morgan fingerprint density at radius 1 is 1.11 bits per heavy atom. The van der Waals surface area contributed by atoms with E-state index >= 15 is 0 Å².